The molecule has 1 unspecified atom stereocenters. The van der Waals surface area contributed by atoms with Gasteiger partial charge in [0.25, 0.3) is 0 Å². The normalized spacial score (nSPS) is 18.3. The van der Waals surface area contributed by atoms with Crippen molar-refractivity contribution in [1.82, 2.24) is 0 Å². The number of Topliss-reactive ketones (excluding diaryl/α,β-unsaturated/α-hetero) is 1. The van der Waals surface area contributed by atoms with Crippen LogP contribution in [0.25, 0.3) is 5.57 Å². The molecule has 2 rings (SSSR count). The predicted octanol–water partition coefficient (Wildman–Crippen LogP) is 4.42. The fourth-order valence-electron chi connectivity index (χ4n) is 2.34. The Kier molecular flexibility index (Phi) is 4.21. The lowest BCUT2D eigenvalue weighted by atomic mass is 9.89. The van der Waals surface area contributed by atoms with E-state index >= 15 is 0 Å². The molecule has 0 aromatic heterocycles. The Morgan fingerprint density at radius 3 is 2.52 bits per heavy atom. The summed E-state index contributed by atoms with van der Waals surface area (Å²) in [5.74, 6) is -1.16. The van der Waals surface area contributed by atoms with Crippen LogP contribution < -0.4 is 4.74 Å². The lowest BCUT2D eigenvalue weighted by Crippen LogP contribution is -2.21. The Morgan fingerprint density at radius 1 is 1.33 bits per heavy atom. The van der Waals surface area contributed by atoms with Gasteiger partial charge in [0.15, 0.2) is 5.78 Å². The van der Waals surface area contributed by atoms with Crippen molar-refractivity contribution in [2.75, 3.05) is 7.11 Å². The van der Waals surface area contributed by atoms with E-state index in [4.69, 9.17) is 4.74 Å². The number of rotatable bonds is 3. The van der Waals surface area contributed by atoms with E-state index in [2.05, 4.69) is 0 Å². The smallest absolute Gasteiger partial charge is 0.395 e. The molecule has 0 amide bonds. The molecule has 5 heteroatoms. The molecule has 0 heterocycles. The van der Waals surface area contributed by atoms with E-state index in [-0.39, 0.29) is 12.2 Å². The van der Waals surface area contributed by atoms with Gasteiger partial charge in [-0.25, -0.2) is 0 Å². The Hall–Kier alpha value is -2.04. The van der Waals surface area contributed by atoms with Crippen LogP contribution in [0.1, 0.15) is 29.3 Å². The summed E-state index contributed by atoms with van der Waals surface area (Å²) in [6.07, 6.45) is -0.340. The predicted molar refractivity (Wildman–Crippen MR) is 74.3 cm³/mol. The number of alkyl halides is 3. The maximum Gasteiger partial charge on any atom is 0.395 e. The highest BCUT2D eigenvalue weighted by Crippen LogP contribution is 2.38. The molecule has 0 bridgehead atoms. The van der Waals surface area contributed by atoms with E-state index < -0.39 is 12.1 Å². The largest absolute Gasteiger partial charge is 0.496 e. The second kappa shape index (κ2) is 5.76. The zero-order chi connectivity index (χ0) is 15.6. The molecule has 0 saturated heterocycles. The summed E-state index contributed by atoms with van der Waals surface area (Å²) in [4.78, 5) is 11.7. The van der Waals surface area contributed by atoms with Crippen LogP contribution in [0.5, 0.6) is 5.75 Å². The van der Waals surface area contributed by atoms with Crippen molar-refractivity contribution in [2.24, 2.45) is 5.92 Å². The van der Waals surface area contributed by atoms with E-state index in [9.17, 15) is 18.0 Å². The first-order chi connectivity index (χ1) is 9.84. The van der Waals surface area contributed by atoms with Crippen molar-refractivity contribution in [2.45, 2.75) is 19.5 Å². The van der Waals surface area contributed by atoms with Gasteiger partial charge in [0.2, 0.25) is 0 Å². The minimum Gasteiger partial charge on any atom is -0.496 e. The van der Waals surface area contributed by atoms with Crippen molar-refractivity contribution in [3.05, 3.63) is 47.6 Å². The van der Waals surface area contributed by atoms with Gasteiger partial charge in [-0.15, -0.1) is 0 Å². The fourth-order valence-corrected chi connectivity index (χ4v) is 2.34. The molecule has 0 radical (unpaired) electrons. The Balaban J connectivity index is 2.43. The fraction of sp³-hybridized carbons (Fsp3) is 0.312. The molecule has 1 aliphatic rings. The van der Waals surface area contributed by atoms with E-state index in [1.807, 2.05) is 0 Å². The first-order valence-electron chi connectivity index (χ1n) is 6.48. The molecule has 0 N–H and O–H groups in total. The number of methoxy groups -OCH3 is 1. The van der Waals surface area contributed by atoms with E-state index in [1.54, 1.807) is 18.2 Å². The summed E-state index contributed by atoms with van der Waals surface area (Å²) < 4.78 is 43.2. The topological polar surface area (TPSA) is 26.3 Å². The van der Waals surface area contributed by atoms with Crippen molar-refractivity contribution in [3.63, 3.8) is 0 Å². The van der Waals surface area contributed by atoms with E-state index in [1.165, 1.54) is 26.2 Å². The van der Waals surface area contributed by atoms with Crippen molar-refractivity contribution >= 4 is 11.4 Å². The summed E-state index contributed by atoms with van der Waals surface area (Å²) >= 11 is 0. The van der Waals surface area contributed by atoms with Gasteiger partial charge in [-0.3, -0.25) is 4.79 Å². The highest BCUT2D eigenvalue weighted by atomic mass is 19.4. The van der Waals surface area contributed by atoms with Crippen LogP contribution in [0.15, 0.2) is 36.4 Å². The SMILES string of the molecule is COc1cccc(C(C)=O)c1C1=CCC(C(F)(F)F)C=C1. The second-order valence-corrected chi connectivity index (χ2v) is 4.84. The lowest BCUT2D eigenvalue weighted by molar-refractivity contribution is -0.160. The third-order valence-electron chi connectivity index (χ3n) is 3.43. The first-order valence-corrected chi connectivity index (χ1v) is 6.48. The summed E-state index contributed by atoms with van der Waals surface area (Å²) in [7, 11) is 1.47. The van der Waals surface area contributed by atoms with E-state index in [0.29, 0.717) is 22.4 Å². The molecule has 1 aromatic carbocycles. The molecule has 1 atom stereocenters. The minimum atomic E-state index is -4.25. The number of allylic oxidation sites excluding steroid dienone is 4. The van der Waals surface area contributed by atoms with Gasteiger partial charge in [0, 0.05) is 11.1 Å². The molecule has 21 heavy (non-hydrogen) atoms. The summed E-state index contributed by atoms with van der Waals surface area (Å²) in [6, 6.07) is 5.02. The number of benzene rings is 1. The summed E-state index contributed by atoms with van der Waals surface area (Å²) in [5.41, 5.74) is 1.57. The zero-order valence-electron chi connectivity index (χ0n) is 11.7. The second-order valence-electron chi connectivity index (χ2n) is 4.84. The molecule has 0 fully saturated rings. The molecule has 0 saturated carbocycles. The highest BCUT2D eigenvalue weighted by molar-refractivity contribution is 6.01. The lowest BCUT2D eigenvalue weighted by Gasteiger charge is -2.21. The molecular formula is C16H15F3O2. The number of hydrogen-bond donors (Lipinski definition) is 0. The van der Waals surface area contributed by atoms with Crippen molar-refractivity contribution in [1.29, 1.82) is 0 Å². The Bertz CT molecular complexity index is 612. The van der Waals surface area contributed by atoms with Gasteiger partial charge in [0.1, 0.15) is 5.75 Å². The van der Waals surface area contributed by atoms with Crippen molar-refractivity contribution in [3.8, 4) is 5.75 Å². The van der Waals surface area contributed by atoms with Crippen LogP contribution in [0.2, 0.25) is 0 Å². The molecule has 2 nitrogen and oxygen atoms in total. The standard InChI is InChI=1S/C16H15F3O2/c1-10(20)13-4-3-5-14(21-2)15(13)11-6-8-12(9-7-11)16(17,18)19/h3-8,12H,9H2,1-2H3. The average molecular weight is 296 g/mol. The van der Waals surface area contributed by atoms with Gasteiger partial charge >= 0.3 is 6.18 Å². The van der Waals surface area contributed by atoms with Gasteiger partial charge in [-0.1, -0.05) is 30.4 Å². The third kappa shape index (κ3) is 3.17. The van der Waals surface area contributed by atoms with Crippen molar-refractivity contribution < 1.29 is 22.7 Å². The number of carbonyl (C=O) groups is 1. The number of hydrogen-bond acceptors (Lipinski definition) is 2. The molecular weight excluding hydrogens is 281 g/mol. The molecule has 1 aromatic rings. The van der Waals surface area contributed by atoms with Crippen LogP contribution in [-0.2, 0) is 0 Å². The van der Waals surface area contributed by atoms with Gasteiger partial charge in [-0.05, 0) is 25.0 Å². The van der Waals surface area contributed by atoms with Crippen LogP contribution in [0.3, 0.4) is 0 Å². The Morgan fingerprint density at radius 2 is 2.05 bits per heavy atom. The summed E-state index contributed by atoms with van der Waals surface area (Å²) in [5, 5.41) is 0. The summed E-state index contributed by atoms with van der Waals surface area (Å²) in [6.45, 7) is 1.42. The number of halogens is 3. The average Bonchev–Trinajstić information content (AvgIpc) is 2.45. The van der Waals surface area contributed by atoms with Crippen LogP contribution in [-0.4, -0.2) is 19.1 Å². The molecule has 0 spiro atoms. The van der Waals surface area contributed by atoms with Crippen LogP contribution in [0, 0.1) is 5.92 Å². The molecule has 0 aliphatic heterocycles. The van der Waals surface area contributed by atoms with Gasteiger partial charge in [0.05, 0.1) is 13.0 Å². The number of carbonyl (C=O) groups excluding carboxylic acids is 1. The molecule has 1 aliphatic carbocycles. The van der Waals surface area contributed by atoms with Crippen LogP contribution >= 0.6 is 0 Å². The van der Waals surface area contributed by atoms with Crippen LogP contribution in [0.4, 0.5) is 13.2 Å². The van der Waals surface area contributed by atoms with E-state index in [0.717, 1.165) is 6.08 Å². The minimum absolute atomic E-state index is 0.134. The van der Waals surface area contributed by atoms with Gasteiger partial charge < -0.3 is 4.74 Å². The first kappa shape index (κ1) is 15.4. The monoisotopic (exact) mass is 296 g/mol. The maximum atomic E-state index is 12.7. The maximum absolute atomic E-state index is 12.7. The Labute approximate surface area is 120 Å². The quantitative estimate of drug-likeness (QED) is 0.772. The van der Waals surface area contributed by atoms with Gasteiger partial charge in [-0.2, -0.15) is 13.2 Å². The molecule has 112 valence electrons. The zero-order valence-corrected chi connectivity index (χ0v) is 11.7. The number of ketones is 1. The highest BCUT2D eigenvalue weighted by Gasteiger charge is 2.38. The number of ether oxygens (including phenoxy) is 1. The third-order valence-corrected chi connectivity index (χ3v) is 3.43.